The van der Waals surface area contributed by atoms with Gasteiger partial charge < -0.3 is 14.6 Å². The van der Waals surface area contributed by atoms with Crippen LogP contribution < -0.4 is 9.64 Å². The Labute approximate surface area is 200 Å². The summed E-state index contributed by atoms with van der Waals surface area (Å²) in [7, 11) is 2.80. The van der Waals surface area contributed by atoms with Crippen molar-refractivity contribution in [3.8, 4) is 5.75 Å². The first-order valence-electron chi connectivity index (χ1n) is 10.3. The fraction of sp³-hybridized carbons (Fsp3) is 0.200. The summed E-state index contributed by atoms with van der Waals surface area (Å²) in [5.41, 5.74) is 1.78. The van der Waals surface area contributed by atoms with Gasteiger partial charge in [-0.1, -0.05) is 12.1 Å². The smallest absolute Gasteiger partial charge is 0.337 e. The zero-order valence-electron chi connectivity index (χ0n) is 19.0. The zero-order chi connectivity index (χ0) is 24.6. The number of thiazole rings is 1. The highest BCUT2D eigenvalue weighted by molar-refractivity contribution is 7.14. The number of nitrogens with zero attached hydrogens (tertiary/aromatic N) is 2. The molecule has 1 aromatic heterocycles. The van der Waals surface area contributed by atoms with Crippen molar-refractivity contribution in [1.29, 1.82) is 0 Å². The first-order chi connectivity index (χ1) is 16.3. The van der Waals surface area contributed by atoms with E-state index < -0.39 is 29.5 Å². The number of hydrogen-bond donors (Lipinski definition) is 1. The van der Waals surface area contributed by atoms with Gasteiger partial charge in [0.1, 0.15) is 5.75 Å². The van der Waals surface area contributed by atoms with Crippen LogP contribution in [-0.4, -0.2) is 42.0 Å². The van der Waals surface area contributed by atoms with Crippen LogP contribution in [0.15, 0.2) is 59.9 Å². The van der Waals surface area contributed by atoms with Gasteiger partial charge in [-0.15, -0.1) is 11.3 Å². The standard InChI is InChI=1S/C25H22N2O6S/c1-13-23(34-14(2)26-13)21(28)19-20(16-6-5-7-18(12-16)32-3)27(24(30)22(19)29)17-10-8-15(9-11-17)25(31)33-4/h5-12,20,29H,1-4H3. The molecule has 0 saturated heterocycles. The molecule has 1 amide bonds. The Kier molecular flexibility index (Phi) is 6.21. The second kappa shape index (κ2) is 9.11. The summed E-state index contributed by atoms with van der Waals surface area (Å²) in [5.74, 6) is -1.79. The van der Waals surface area contributed by atoms with Crippen LogP contribution in [0.3, 0.4) is 0 Å². The third-order valence-corrected chi connectivity index (χ3v) is 6.61. The van der Waals surface area contributed by atoms with Gasteiger partial charge in [-0.05, 0) is 55.8 Å². The number of anilines is 1. The van der Waals surface area contributed by atoms with Crippen LogP contribution in [0.25, 0.3) is 0 Å². The van der Waals surface area contributed by atoms with E-state index in [-0.39, 0.29) is 5.57 Å². The summed E-state index contributed by atoms with van der Waals surface area (Å²) < 4.78 is 10.1. The average molecular weight is 479 g/mol. The number of carbonyl (C=O) groups is 3. The first kappa shape index (κ1) is 23.2. The number of rotatable bonds is 6. The molecule has 2 heterocycles. The molecule has 0 fully saturated rings. The van der Waals surface area contributed by atoms with Crippen LogP contribution in [0.4, 0.5) is 5.69 Å². The molecule has 0 spiro atoms. The number of amides is 1. The predicted molar refractivity (Wildman–Crippen MR) is 127 cm³/mol. The number of aryl methyl sites for hydroxylation is 2. The van der Waals surface area contributed by atoms with Gasteiger partial charge in [0.25, 0.3) is 5.91 Å². The van der Waals surface area contributed by atoms with Gasteiger partial charge in [-0.2, -0.15) is 0 Å². The lowest BCUT2D eigenvalue weighted by atomic mass is 9.94. The molecule has 1 aliphatic heterocycles. The summed E-state index contributed by atoms with van der Waals surface area (Å²) in [6, 6.07) is 12.2. The molecule has 1 atom stereocenters. The molecule has 3 aromatic rings. The van der Waals surface area contributed by atoms with Crippen molar-refractivity contribution in [1.82, 2.24) is 4.98 Å². The predicted octanol–water partition coefficient (Wildman–Crippen LogP) is 4.34. The van der Waals surface area contributed by atoms with E-state index in [0.29, 0.717) is 38.1 Å². The van der Waals surface area contributed by atoms with Gasteiger partial charge in [0.2, 0.25) is 5.78 Å². The number of hydrogen-bond acceptors (Lipinski definition) is 8. The van der Waals surface area contributed by atoms with Gasteiger partial charge in [0, 0.05) is 5.69 Å². The minimum absolute atomic E-state index is 0.0398. The monoisotopic (exact) mass is 478 g/mol. The number of ether oxygens (including phenoxy) is 2. The van der Waals surface area contributed by atoms with Crippen molar-refractivity contribution in [2.45, 2.75) is 19.9 Å². The van der Waals surface area contributed by atoms with Gasteiger partial charge in [-0.25, -0.2) is 9.78 Å². The van der Waals surface area contributed by atoms with Crippen LogP contribution >= 0.6 is 11.3 Å². The number of aliphatic hydroxyl groups is 1. The highest BCUT2D eigenvalue weighted by Crippen LogP contribution is 2.43. The van der Waals surface area contributed by atoms with Gasteiger partial charge >= 0.3 is 5.97 Å². The maximum Gasteiger partial charge on any atom is 0.337 e. The molecule has 34 heavy (non-hydrogen) atoms. The number of esters is 1. The summed E-state index contributed by atoms with van der Waals surface area (Å²) in [6.45, 7) is 3.51. The molecule has 2 aromatic carbocycles. The molecule has 1 N–H and O–H groups in total. The fourth-order valence-electron chi connectivity index (χ4n) is 3.97. The van der Waals surface area contributed by atoms with E-state index >= 15 is 0 Å². The minimum Gasteiger partial charge on any atom is -0.503 e. The van der Waals surface area contributed by atoms with Crippen LogP contribution in [-0.2, 0) is 9.53 Å². The van der Waals surface area contributed by atoms with Gasteiger partial charge in [0.15, 0.2) is 5.76 Å². The third-order valence-electron chi connectivity index (χ3n) is 5.54. The molecule has 8 nitrogen and oxygen atoms in total. The first-order valence-corrected chi connectivity index (χ1v) is 11.2. The lowest BCUT2D eigenvalue weighted by molar-refractivity contribution is -0.117. The van der Waals surface area contributed by atoms with E-state index in [2.05, 4.69) is 4.98 Å². The van der Waals surface area contributed by atoms with E-state index in [4.69, 9.17) is 9.47 Å². The minimum atomic E-state index is -0.916. The Morgan fingerprint density at radius 2 is 1.79 bits per heavy atom. The molecule has 1 unspecified atom stereocenters. The topological polar surface area (TPSA) is 106 Å². The molecular weight excluding hydrogens is 456 g/mol. The number of aromatic nitrogens is 1. The van der Waals surface area contributed by atoms with E-state index in [1.54, 1.807) is 50.2 Å². The van der Waals surface area contributed by atoms with Crippen molar-refractivity contribution >= 4 is 34.7 Å². The summed E-state index contributed by atoms with van der Waals surface area (Å²) in [6.07, 6.45) is 0. The summed E-state index contributed by atoms with van der Waals surface area (Å²) >= 11 is 1.21. The Balaban J connectivity index is 1.86. The quantitative estimate of drug-likeness (QED) is 0.415. The van der Waals surface area contributed by atoms with E-state index in [0.717, 1.165) is 0 Å². The van der Waals surface area contributed by atoms with Crippen LogP contribution in [0, 0.1) is 13.8 Å². The van der Waals surface area contributed by atoms with Crippen LogP contribution in [0.5, 0.6) is 5.75 Å². The molecular formula is C25H22N2O6S. The molecule has 0 saturated carbocycles. The van der Waals surface area contributed by atoms with Crippen molar-refractivity contribution in [2.24, 2.45) is 0 Å². The number of methoxy groups -OCH3 is 2. The molecule has 174 valence electrons. The molecule has 0 aliphatic carbocycles. The third kappa shape index (κ3) is 3.94. The lowest BCUT2D eigenvalue weighted by Crippen LogP contribution is -2.31. The van der Waals surface area contributed by atoms with Crippen LogP contribution in [0.2, 0.25) is 0 Å². The molecule has 9 heteroatoms. The van der Waals surface area contributed by atoms with E-state index in [9.17, 15) is 19.5 Å². The van der Waals surface area contributed by atoms with E-state index in [1.807, 2.05) is 0 Å². The highest BCUT2D eigenvalue weighted by Gasteiger charge is 2.45. The highest BCUT2D eigenvalue weighted by atomic mass is 32.1. The average Bonchev–Trinajstić information content (AvgIpc) is 3.33. The van der Waals surface area contributed by atoms with Crippen molar-refractivity contribution in [3.05, 3.63) is 86.6 Å². The second-order valence-corrected chi connectivity index (χ2v) is 8.83. The van der Waals surface area contributed by atoms with Crippen molar-refractivity contribution in [3.63, 3.8) is 0 Å². The number of carbonyl (C=O) groups excluding carboxylic acids is 3. The SMILES string of the molecule is COC(=O)c1ccc(N2C(=O)C(O)=C(C(=O)c3sc(C)nc3C)C2c2cccc(OC)c2)cc1. The maximum absolute atomic E-state index is 13.6. The van der Waals surface area contributed by atoms with Gasteiger partial charge in [-0.3, -0.25) is 14.5 Å². The summed E-state index contributed by atoms with van der Waals surface area (Å²) in [4.78, 5) is 44.8. The normalized spacial score (nSPS) is 15.6. The fourth-order valence-corrected chi connectivity index (χ4v) is 4.84. The zero-order valence-corrected chi connectivity index (χ0v) is 19.8. The molecule has 4 rings (SSSR count). The van der Waals surface area contributed by atoms with Gasteiger partial charge in [0.05, 0.1) is 47.0 Å². The Morgan fingerprint density at radius 3 is 2.38 bits per heavy atom. The van der Waals surface area contributed by atoms with E-state index in [1.165, 1.54) is 42.6 Å². The van der Waals surface area contributed by atoms with Crippen molar-refractivity contribution < 1.29 is 29.0 Å². The lowest BCUT2D eigenvalue weighted by Gasteiger charge is -2.27. The molecule has 1 aliphatic rings. The molecule has 0 radical (unpaired) electrons. The Hall–Kier alpha value is -3.98. The van der Waals surface area contributed by atoms with Crippen LogP contribution in [0.1, 0.15) is 42.3 Å². The number of aliphatic hydroxyl groups excluding tert-OH is 1. The molecule has 0 bridgehead atoms. The second-order valence-electron chi connectivity index (χ2n) is 7.63. The Bertz CT molecular complexity index is 1330. The number of Topliss-reactive ketones (excluding diaryl/α,β-unsaturated/α-hetero) is 1. The number of benzene rings is 2. The van der Waals surface area contributed by atoms with Crippen molar-refractivity contribution in [2.75, 3.05) is 19.1 Å². The number of ketones is 1. The maximum atomic E-state index is 13.6. The largest absolute Gasteiger partial charge is 0.503 e. The Morgan fingerprint density at radius 1 is 1.09 bits per heavy atom. The summed E-state index contributed by atoms with van der Waals surface area (Å²) in [5, 5.41) is 11.6.